The highest BCUT2D eigenvalue weighted by atomic mass is 35.5. The summed E-state index contributed by atoms with van der Waals surface area (Å²) in [7, 11) is 0. The fourth-order valence-electron chi connectivity index (χ4n) is 2.47. The Bertz CT molecular complexity index is 780. The fourth-order valence-corrected chi connectivity index (χ4v) is 3.12. The predicted octanol–water partition coefficient (Wildman–Crippen LogP) is 2.80. The third-order valence-corrected chi connectivity index (χ3v) is 4.03. The van der Waals surface area contributed by atoms with Gasteiger partial charge in [-0.25, -0.2) is 0 Å². The van der Waals surface area contributed by atoms with Crippen molar-refractivity contribution in [3.63, 3.8) is 0 Å². The molecule has 0 fully saturated rings. The number of hydrogen-bond acceptors (Lipinski definition) is 4. The number of aliphatic hydroxyl groups is 1. The van der Waals surface area contributed by atoms with Crippen LogP contribution in [-0.2, 0) is 10.4 Å². The van der Waals surface area contributed by atoms with Gasteiger partial charge in [-0.1, -0.05) is 23.2 Å². The number of pyridine rings is 1. The minimum atomic E-state index is -2.02. The van der Waals surface area contributed by atoms with Crippen LogP contribution in [0.4, 0.5) is 5.69 Å². The van der Waals surface area contributed by atoms with Gasteiger partial charge in [0.2, 0.25) is 0 Å². The molecule has 3 rings (SSSR count). The summed E-state index contributed by atoms with van der Waals surface area (Å²) in [6, 6.07) is 5.94. The minimum absolute atomic E-state index is 0.130. The SMILES string of the molecule is O=C(C[C@]1(O)C(=O)Nc2cc(Cl)cc(Cl)c21)c1ccncc1. The molecule has 1 atom stereocenters. The van der Waals surface area contributed by atoms with Crippen LogP contribution in [0.1, 0.15) is 22.3 Å². The van der Waals surface area contributed by atoms with Gasteiger partial charge in [0, 0.05) is 28.5 Å². The number of ketones is 1. The lowest BCUT2D eigenvalue weighted by Gasteiger charge is -2.21. The van der Waals surface area contributed by atoms with Gasteiger partial charge in [0.05, 0.1) is 17.1 Å². The number of nitrogens with one attached hydrogen (secondary N) is 1. The fraction of sp³-hybridized carbons (Fsp3) is 0.133. The van der Waals surface area contributed by atoms with E-state index in [4.69, 9.17) is 23.2 Å². The summed E-state index contributed by atoms with van der Waals surface area (Å²) in [5.41, 5.74) is -1.18. The first-order valence-electron chi connectivity index (χ1n) is 6.38. The first-order chi connectivity index (χ1) is 10.4. The number of benzene rings is 1. The molecule has 0 radical (unpaired) electrons. The molecule has 0 spiro atoms. The highest BCUT2D eigenvalue weighted by Crippen LogP contribution is 2.44. The Morgan fingerprint density at radius 3 is 2.64 bits per heavy atom. The van der Waals surface area contributed by atoms with Crippen molar-refractivity contribution < 1.29 is 14.7 Å². The van der Waals surface area contributed by atoms with E-state index >= 15 is 0 Å². The summed E-state index contributed by atoms with van der Waals surface area (Å²) in [5.74, 6) is -1.09. The van der Waals surface area contributed by atoms with E-state index in [9.17, 15) is 14.7 Å². The van der Waals surface area contributed by atoms with Crippen molar-refractivity contribution in [1.82, 2.24) is 4.98 Å². The Morgan fingerprint density at radius 2 is 1.95 bits per heavy atom. The molecule has 0 unspecified atom stereocenters. The summed E-state index contributed by atoms with van der Waals surface area (Å²) in [5, 5.41) is 13.7. The molecule has 1 amide bonds. The number of aromatic nitrogens is 1. The molecule has 0 saturated heterocycles. The Labute approximate surface area is 135 Å². The topological polar surface area (TPSA) is 79.3 Å². The molecule has 1 aliphatic rings. The Morgan fingerprint density at radius 1 is 1.27 bits per heavy atom. The number of Topliss-reactive ketones (excluding diaryl/α,β-unsaturated/α-hetero) is 1. The average Bonchev–Trinajstić information content (AvgIpc) is 2.70. The smallest absolute Gasteiger partial charge is 0.261 e. The van der Waals surface area contributed by atoms with Crippen molar-refractivity contribution in [2.75, 3.05) is 5.32 Å². The number of amides is 1. The van der Waals surface area contributed by atoms with Crippen LogP contribution in [0.5, 0.6) is 0 Å². The Balaban J connectivity index is 2.01. The maximum absolute atomic E-state index is 12.3. The van der Waals surface area contributed by atoms with Gasteiger partial charge in [-0.3, -0.25) is 14.6 Å². The Kier molecular flexibility index (Phi) is 3.64. The molecule has 2 N–H and O–H groups in total. The molecule has 112 valence electrons. The standard InChI is InChI=1S/C15H10Cl2N2O3/c16-9-5-10(17)13-11(6-9)19-14(21)15(13,22)7-12(20)8-1-3-18-4-2-8/h1-6,22H,7H2,(H,19,21)/t15-/m1/s1. The van der Waals surface area contributed by atoms with E-state index < -0.39 is 17.9 Å². The monoisotopic (exact) mass is 336 g/mol. The normalized spacial score (nSPS) is 19.7. The number of halogens is 2. The van der Waals surface area contributed by atoms with Crippen molar-refractivity contribution in [3.8, 4) is 0 Å². The zero-order valence-corrected chi connectivity index (χ0v) is 12.6. The van der Waals surface area contributed by atoms with E-state index in [0.717, 1.165) is 0 Å². The lowest BCUT2D eigenvalue weighted by atomic mass is 9.88. The minimum Gasteiger partial charge on any atom is -0.375 e. The van der Waals surface area contributed by atoms with Gasteiger partial charge < -0.3 is 10.4 Å². The molecule has 1 aliphatic heterocycles. The van der Waals surface area contributed by atoms with Crippen LogP contribution < -0.4 is 5.32 Å². The van der Waals surface area contributed by atoms with E-state index in [-0.39, 0.29) is 16.4 Å². The molecular formula is C15H10Cl2N2O3. The first kappa shape index (κ1) is 15.0. The van der Waals surface area contributed by atoms with Crippen molar-refractivity contribution in [2.24, 2.45) is 0 Å². The first-order valence-corrected chi connectivity index (χ1v) is 7.14. The quantitative estimate of drug-likeness (QED) is 0.844. The summed E-state index contributed by atoms with van der Waals surface area (Å²) in [4.78, 5) is 28.3. The number of rotatable bonds is 3. The molecule has 0 bridgehead atoms. The number of carbonyl (C=O) groups is 2. The van der Waals surface area contributed by atoms with Gasteiger partial charge in [-0.05, 0) is 24.3 Å². The average molecular weight is 337 g/mol. The molecule has 0 saturated carbocycles. The van der Waals surface area contributed by atoms with Crippen molar-refractivity contribution in [2.45, 2.75) is 12.0 Å². The van der Waals surface area contributed by atoms with Crippen LogP contribution in [-0.4, -0.2) is 21.8 Å². The predicted molar refractivity (Wildman–Crippen MR) is 82.2 cm³/mol. The number of fused-ring (bicyclic) bond motifs is 1. The van der Waals surface area contributed by atoms with Crippen LogP contribution in [0.25, 0.3) is 0 Å². The number of hydrogen-bond donors (Lipinski definition) is 2. The molecular weight excluding hydrogens is 327 g/mol. The van der Waals surface area contributed by atoms with E-state index in [1.54, 1.807) is 0 Å². The molecule has 22 heavy (non-hydrogen) atoms. The van der Waals surface area contributed by atoms with Gasteiger partial charge >= 0.3 is 0 Å². The lowest BCUT2D eigenvalue weighted by Crippen LogP contribution is -2.36. The summed E-state index contributed by atoms with van der Waals surface area (Å²) >= 11 is 12.0. The maximum atomic E-state index is 12.3. The highest BCUT2D eigenvalue weighted by molar-refractivity contribution is 6.36. The van der Waals surface area contributed by atoms with Gasteiger partial charge in [0.1, 0.15) is 0 Å². The van der Waals surface area contributed by atoms with Gasteiger partial charge in [-0.15, -0.1) is 0 Å². The van der Waals surface area contributed by atoms with Crippen LogP contribution >= 0.6 is 23.2 Å². The molecule has 2 heterocycles. The summed E-state index contributed by atoms with van der Waals surface area (Å²) < 4.78 is 0. The van der Waals surface area contributed by atoms with E-state index in [1.165, 1.54) is 36.7 Å². The maximum Gasteiger partial charge on any atom is 0.261 e. The van der Waals surface area contributed by atoms with Crippen LogP contribution in [0.3, 0.4) is 0 Å². The van der Waals surface area contributed by atoms with Crippen molar-refractivity contribution in [3.05, 3.63) is 57.8 Å². The van der Waals surface area contributed by atoms with Gasteiger partial charge in [0.25, 0.3) is 5.91 Å². The second-order valence-electron chi connectivity index (χ2n) is 4.96. The largest absolute Gasteiger partial charge is 0.375 e. The second-order valence-corrected chi connectivity index (χ2v) is 5.80. The Hall–Kier alpha value is -1.95. The van der Waals surface area contributed by atoms with Crippen LogP contribution in [0.2, 0.25) is 10.0 Å². The lowest BCUT2D eigenvalue weighted by molar-refractivity contribution is -0.133. The second kappa shape index (κ2) is 5.35. The zero-order chi connectivity index (χ0) is 15.9. The molecule has 1 aromatic carbocycles. The van der Waals surface area contributed by atoms with E-state index in [1.807, 2.05) is 0 Å². The van der Waals surface area contributed by atoms with Crippen LogP contribution in [0, 0.1) is 0 Å². The zero-order valence-electron chi connectivity index (χ0n) is 11.1. The third kappa shape index (κ3) is 2.37. The van der Waals surface area contributed by atoms with Crippen molar-refractivity contribution >= 4 is 40.6 Å². The van der Waals surface area contributed by atoms with Gasteiger partial charge in [-0.2, -0.15) is 0 Å². The number of carbonyl (C=O) groups excluding carboxylic acids is 2. The van der Waals surface area contributed by atoms with E-state index in [2.05, 4.69) is 10.3 Å². The van der Waals surface area contributed by atoms with Crippen LogP contribution in [0.15, 0.2) is 36.7 Å². The molecule has 2 aromatic rings. The highest BCUT2D eigenvalue weighted by Gasteiger charge is 2.48. The molecule has 5 nitrogen and oxygen atoms in total. The molecule has 0 aliphatic carbocycles. The van der Waals surface area contributed by atoms with Crippen molar-refractivity contribution in [1.29, 1.82) is 0 Å². The number of nitrogens with zero attached hydrogens (tertiary/aromatic N) is 1. The summed E-state index contributed by atoms with van der Waals surface area (Å²) in [6.07, 6.45) is 2.51. The molecule has 1 aromatic heterocycles. The third-order valence-electron chi connectivity index (χ3n) is 3.51. The van der Waals surface area contributed by atoms with E-state index in [0.29, 0.717) is 16.3 Å². The summed E-state index contributed by atoms with van der Waals surface area (Å²) in [6.45, 7) is 0. The molecule has 7 heteroatoms. The van der Waals surface area contributed by atoms with Gasteiger partial charge in [0.15, 0.2) is 11.4 Å². The number of anilines is 1.